The van der Waals surface area contributed by atoms with Crippen LogP contribution in [0.25, 0.3) is 0 Å². The van der Waals surface area contributed by atoms with Crippen molar-refractivity contribution in [2.45, 2.75) is 20.0 Å². The molecule has 1 saturated heterocycles. The Kier molecular flexibility index (Phi) is 3.76. The Morgan fingerprint density at radius 1 is 1.19 bits per heavy atom. The van der Waals surface area contributed by atoms with Crippen LogP contribution in [-0.2, 0) is 4.74 Å². The third-order valence-electron chi connectivity index (χ3n) is 3.60. The van der Waals surface area contributed by atoms with Gasteiger partial charge in [0, 0.05) is 5.56 Å². The third-order valence-corrected chi connectivity index (χ3v) is 3.60. The number of benzene rings is 2. The van der Waals surface area contributed by atoms with Gasteiger partial charge in [0.05, 0.1) is 12.2 Å². The van der Waals surface area contributed by atoms with E-state index in [2.05, 4.69) is 0 Å². The second-order valence-electron chi connectivity index (χ2n) is 5.41. The molecule has 0 amide bonds. The molecule has 1 unspecified atom stereocenters. The molecule has 1 fully saturated rings. The Balaban J connectivity index is 1.91. The van der Waals surface area contributed by atoms with E-state index in [-0.39, 0.29) is 11.9 Å². The Labute approximate surface area is 124 Å². The average Bonchev–Trinajstić information content (AvgIpc) is 3.29. The first-order valence-electron chi connectivity index (χ1n) is 7.10. The molecule has 1 atom stereocenters. The highest BCUT2D eigenvalue weighted by Crippen LogP contribution is 2.26. The zero-order valence-corrected chi connectivity index (χ0v) is 12.3. The second-order valence-corrected chi connectivity index (χ2v) is 5.41. The lowest BCUT2D eigenvalue weighted by Gasteiger charge is -2.12. The van der Waals surface area contributed by atoms with Crippen molar-refractivity contribution in [3.8, 4) is 5.75 Å². The highest BCUT2D eigenvalue weighted by molar-refractivity contribution is 6.11. The van der Waals surface area contributed by atoms with E-state index >= 15 is 0 Å². The van der Waals surface area contributed by atoms with Crippen molar-refractivity contribution in [3.05, 3.63) is 64.7 Å². The molecule has 0 spiro atoms. The molecular formula is C18H18O3. The van der Waals surface area contributed by atoms with Gasteiger partial charge in [-0.3, -0.25) is 4.79 Å². The van der Waals surface area contributed by atoms with Gasteiger partial charge in [0.1, 0.15) is 18.5 Å². The van der Waals surface area contributed by atoms with E-state index in [1.54, 1.807) is 0 Å². The lowest BCUT2D eigenvalue weighted by Crippen LogP contribution is -2.11. The van der Waals surface area contributed by atoms with E-state index in [9.17, 15) is 4.79 Å². The molecule has 0 aliphatic carbocycles. The summed E-state index contributed by atoms with van der Waals surface area (Å²) in [6, 6.07) is 13.3. The van der Waals surface area contributed by atoms with Crippen LogP contribution in [0.5, 0.6) is 5.75 Å². The van der Waals surface area contributed by atoms with Gasteiger partial charge >= 0.3 is 0 Å². The summed E-state index contributed by atoms with van der Waals surface area (Å²) in [6.07, 6.45) is 0.174. The number of ketones is 1. The van der Waals surface area contributed by atoms with Gasteiger partial charge in [0.2, 0.25) is 0 Å². The minimum atomic E-state index is -0.000171. The van der Waals surface area contributed by atoms with Crippen molar-refractivity contribution in [1.29, 1.82) is 0 Å². The van der Waals surface area contributed by atoms with E-state index in [4.69, 9.17) is 9.47 Å². The molecule has 0 aromatic heterocycles. The summed E-state index contributed by atoms with van der Waals surface area (Å²) in [5.74, 6) is 0.635. The highest BCUT2D eigenvalue weighted by Gasteiger charge is 2.24. The Hall–Kier alpha value is -2.13. The van der Waals surface area contributed by atoms with Gasteiger partial charge in [-0.25, -0.2) is 0 Å². The fourth-order valence-electron chi connectivity index (χ4n) is 2.25. The molecule has 3 rings (SSSR count). The molecule has 108 valence electrons. The molecule has 3 nitrogen and oxygen atoms in total. The standard InChI is InChI=1S/C18H18O3/c1-12-6-8-14(9-7-12)18(19)17-13(2)4-3-5-16(17)21-11-15-10-20-15/h3-9,15H,10-11H2,1-2H3. The number of carbonyl (C=O) groups excluding carboxylic acids is 1. The molecule has 0 saturated carbocycles. The van der Waals surface area contributed by atoms with E-state index in [1.165, 1.54) is 0 Å². The molecular weight excluding hydrogens is 264 g/mol. The van der Waals surface area contributed by atoms with Gasteiger partial charge in [-0.2, -0.15) is 0 Å². The molecule has 0 bridgehead atoms. The van der Waals surface area contributed by atoms with E-state index in [1.807, 2.05) is 56.3 Å². The van der Waals surface area contributed by atoms with Crippen LogP contribution in [0.2, 0.25) is 0 Å². The SMILES string of the molecule is Cc1ccc(C(=O)c2c(C)cccc2OCC2CO2)cc1. The maximum Gasteiger partial charge on any atom is 0.197 e. The first-order chi connectivity index (χ1) is 10.1. The van der Waals surface area contributed by atoms with Crippen LogP contribution in [0, 0.1) is 13.8 Å². The first-order valence-corrected chi connectivity index (χ1v) is 7.10. The van der Waals surface area contributed by atoms with Crippen LogP contribution in [0.15, 0.2) is 42.5 Å². The van der Waals surface area contributed by atoms with E-state index < -0.39 is 0 Å². The van der Waals surface area contributed by atoms with Crippen LogP contribution in [-0.4, -0.2) is 25.1 Å². The summed E-state index contributed by atoms with van der Waals surface area (Å²) in [4.78, 5) is 12.7. The molecule has 21 heavy (non-hydrogen) atoms. The Morgan fingerprint density at radius 3 is 2.57 bits per heavy atom. The number of ether oxygens (including phenoxy) is 2. The van der Waals surface area contributed by atoms with Gasteiger partial charge in [0.15, 0.2) is 5.78 Å². The summed E-state index contributed by atoms with van der Waals surface area (Å²) >= 11 is 0. The number of rotatable bonds is 5. The summed E-state index contributed by atoms with van der Waals surface area (Å²) in [5.41, 5.74) is 3.39. The number of carbonyl (C=O) groups is 1. The normalized spacial score (nSPS) is 16.6. The van der Waals surface area contributed by atoms with E-state index in [0.29, 0.717) is 23.5 Å². The number of aryl methyl sites for hydroxylation is 2. The minimum Gasteiger partial charge on any atom is -0.490 e. The van der Waals surface area contributed by atoms with Crippen LogP contribution >= 0.6 is 0 Å². The molecule has 1 aliphatic rings. The largest absolute Gasteiger partial charge is 0.490 e. The van der Waals surface area contributed by atoms with Gasteiger partial charge < -0.3 is 9.47 Å². The zero-order valence-electron chi connectivity index (χ0n) is 12.3. The van der Waals surface area contributed by atoms with Crippen LogP contribution in [0.4, 0.5) is 0 Å². The molecule has 1 heterocycles. The van der Waals surface area contributed by atoms with Crippen LogP contribution in [0.1, 0.15) is 27.0 Å². The van der Waals surface area contributed by atoms with Crippen molar-refractivity contribution in [1.82, 2.24) is 0 Å². The average molecular weight is 282 g/mol. The predicted molar refractivity (Wildman–Crippen MR) is 81.0 cm³/mol. The maximum atomic E-state index is 12.7. The van der Waals surface area contributed by atoms with Crippen molar-refractivity contribution in [3.63, 3.8) is 0 Å². The predicted octanol–water partition coefficient (Wildman–Crippen LogP) is 3.31. The quantitative estimate of drug-likeness (QED) is 0.624. The van der Waals surface area contributed by atoms with Crippen molar-refractivity contribution < 1.29 is 14.3 Å². The van der Waals surface area contributed by atoms with E-state index in [0.717, 1.165) is 17.7 Å². The summed E-state index contributed by atoms with van der Waals surface area (Å²) < 4.78 is 10.9. The lowest BCUT2D eigenvalue weighted by molar-refractivity contribution is 0.103. The molecule has 3 heteroatoms. The molecule has 0 radical (unpaired) electrons. The Morgan fingerprint density at radius 2 is 1.90 bits per heavy atom. The smallest absolute Gasteiger partial charge is 0.197 e. The van der Waals surface area contributed by atoms with Gasteiger partial charge in [0.25, 0.3) is 0 Å². The van der Waals surface area contributed by atoms with Crippen molar-refractivity contribution in [2.24, 2.45) is 0 Å². The maximum absolute atomic E-state index is 12.7. The molecule has 2 aromatic carbocycles. The number of epoxide rings is 1. The summed E-state index contributed by atoms with van der Waals surface area (Å²) in [5, 5.41) is 0. The van der Waals surface area contributed by atoms with Gasteiger partial charge in [-0.1, -0.05) is 42.0 Å². The van der Waals surface area contributed by atoms with Gasteiger partial charge in [-0.05, 0) is 25.5 Å². The highest BCUT2D eigenvalue weighted by atomic mass is 16.6. The molecule has 2 aromatic rings. The van der Waals surface area contributed by atoms with Gasteiger partial charge in [-0.15, -0.1) is 0 Å². The topological polar surface area (TPSA) is 38.8 Å². The van der Waals surface area contributed by atoms with Crippen LogP contribution < -0.4 is 4.74 Å². The summed E-state index contributed by atoms with van der Waals surface area (Å²) in [7, 11) is 0. The fourth-order valence-corrected chi connectivity index (χ4v) is 2.25. The zero-order chi connectivity index (χ0) is 14.8. The fraction of sp³-hybridized carbons (Fsp3) is 0.278. The number of hydrogen-bond acceptors (Lipinski definition) is 3. The molecule has 1 aliphatic heterocycles. The van der Waals surface area contributed by atoms with Crippen molar-refractivity contribution >= 4 is 5.78 Å². The molecule has 0 N–H and O–H groups in total. The lowest BCUT2D eigenvalue weighted by atomic mass is 9.97. The monoisotopic (exact) mass is 282 g/mol. The third kappa shape index (κ3) is 3.14. The summed E-state index contributed by atoms with van der Waals surface area (Å²) in [6.45, 7) is 5.18. The van der Waals surface area contributed by atoms with Crippen LogP contribution in [0.3, 0.4) is 0 Å². The first kappa shape index (κ1) is 13.8. The van der Waals surface area contributed by atoms with Crippen molar-refractivity contribution in [2.75, 3.05) is 13.2 Å². The minimum absolute atomic E-state index is 0.000171. The second kappa shape index (κ2) is 5.70. The Bertz CT molecular complexity index is 655. The number of hydrogen-bond donors (Lipinski definition) is 0.